The molecule has 4 nitrogen and oxygen atoms in total. The Morgan fingerprint density at radius 3 is 2.21 bits per heavy atom. The van der Waals surface area contributed by atoms with Crippen molar-refractivity contribution in [2.45, 2.75) is 33.1 Å². The van der Waals surface area contributed by atoms with E-state index >= 15 is 0 Å². The van der Waals surface area contributed by atoms with E-state index in [9.17, 15) is 9.59 Å². The Hall–Kier alpha value is -2.36. The second-order valence-electron chi connectivity index (χ2n) is 5.78. The zero-order valence-electron chi connectivity index (χ0n) is 15.1. The molecule has 0 aliphatic rings. The second kappa shape index (κ2) is 9.71. The molecule has 130 valence electrons. The number of benzene rings is 1. The molecule has 0 radical (unpaired) electrons. The predicted molar refractivity (Wildman–Crippen MR) is 97.7 cm³/mol. The van der Waals surface area contributed by atoms with Crippen molar-refractivity contribution >= 4 is 17.4 Å². The van der Waals surface area contributed by atoms with E-state index in [2.05, 4.69) is 13.5 Å². The summed E-state index contributed by atoms with van der Waals surface area (Å²) in [5, 5.41) is 0. The number of amides is 1. The fraction of sp³-hybridized carbons (Fsp3) is 0.400. The quantitative estimate of drug-likeness (QED) is 0.410. The number of carbonyl (C=O) groups excluding carboxylic acids is 2. The van der Waals surface area contributed by atoms with Crippen molar-refractivity contribution < 1.29 is 14.3 Å². The van der Waals surface area contributed by atoms with Gasteiger partial charge in [-0.05, 0) is 48.6 Å². The third-order valence-corrected chi connectivity index (χ3v) is 3.65. The maximum atomic E-state index is 11.9. The van der Waals surface area contributed by atoms with E-state index in [-0.39, 0.29) is 11.9 Å². The molecular formula is C20H27NO3. The summed E-state index contributed by atoms with van der Waals surface area (Å²) < 4.78 is 5.01. The number of hydrogen-bond acceptors (Lipinski definition) is 3. The van der Waals surface area contributed by atoms with Crippen LogP contribution in [0.15, 0.2) is 42.5 Å². The summed E-state index contributed by atoms with van der Waals surface area (Å²) in [4.78, 5) is 25.3. The van der Waals surface area contributed by atoms with Crippen LogP contribution < -0.4 is 0 Å². The molecule has 0 unspecified atom stereocenters. The first kappa shape index (κ1) is 19.7. The topological polar surface area (TPSA) is 46.6 Å². The van der Waals surface area contributed by atoms with Crippen LogP contribution in [0.1, 0.15) is 49.0 Å². The van der Waals surface area contributed by atoms with Crippen molar-refractivity contribution in [2.24, 2.45) is 0 Å². The average Bonchev–Trinajstić information content (AvgIpc) is 2.57. The van der Waals surface area contributed by atoms with E-state index in [4.69, 9.17) is 4.74 Å². The first-order chi connectivity index (χ1) is 11.4. The van der Waals surface area contributed by atoms with Crippen molar-refractivity contribution in [1.29, 1.82) is 0 Å². The van der Waals surface area contributed by atoms with E-state index in [1.165, 1.54) is 11.0 Å². The minimum atomic E-state index is -0.343. The number of allylic oxidation sites excluding steroid dienone is 2. The number of esters is 1. The predicted octanol–water partition coefficient (Wildman–Crippen LogP) is 4.08. The fourth-order valence-corrected chi connectivity index (χ4v) is 2.26. The van der Waals surface area contributed by atoms with Gasteiger partial charge in [0.15, 0.2) is 0 Å². The number of rotatable bonds is 8. The molecule has 0 aliphatic carbocycles. The van der Waals surface area contributed by atoms with E-state index in [0.717, 1.165) is 36.0 Å². The van der Waals surface area contributed by atoms with Crippen LogP contribution in [0.4, 0.5) is 0 Å². The lowest BCUT2D eigenvalue weighted by molar-refractivity contribution is -0.137. The molecule has 0 N–H and O–H groups in total. The highest BCUT2D eigenvalue weighted by Crippen LogP contribution is 2.26. The van der Waals surface area contributed by atoms with E-state index < -0.39 is 0 Å². The van der Waals surface area contributed by atoms with Crippen LogP contribution in [0.2, 0.25) is 0 Å². The van der Waals surface area contributed by atoms with Gasteiger partial charge in [0.1, 0.15) is 0 Å². The molecule has 0 bridgehead atoms. The summed E-state index contributed by atoms with van der Waals surface area (Å²) in [7, 11) is 3.44. The highest BCUT2D eigenvalue weighted by molar-refractivity contribution is 5.95. The van der Waals surface area contributed by atoms with Gasteiger partial charge in [0.2, 0.25) is 0 Å². The second-order valence-corrected chi connectivity index (χ2v) is 5.78. The van der Waals surface area contributed by atoms with Crippen LogP contribution >= 0.6 is 0 Å². The van der Waals surface area contributed by atoms with E-state index in [0.29, 0.717) is 12.2 Å². The molecular weight excluding hydrogens is 302 g/mol. The molecule has 0 saturated carbocycles. The summed E-state index contributed by atoms with van der Waals surface area (Å²) >= 11 is 0. The van der Waals surface area contributed by atoms with Crippen LogP contribution in [-0.2, 0) is 9.53 Å². The Morgan fingerprint density at radius 2 is 1.71 bits per heavy atom. The lowest BCUT2D eigenvalue weighted by atomic mass is 9.94. The van der Waals surface area contributed by atoms with Crippen molar-refractivity contribution in [3.05, 3.63) is 53.6 Å². The van der Waals surface area contributed by atoms with Gasteiger partial charge < -0.3 is 9.64 Å². The van der Waals surface area contributed by atoms with Gasteiger partial charge in [-0.1, -0.05) is 32.1 Å². The van der Waals surface area contributed by atoms with Crippen LogP contribution in [0, 0.1) is 0 Å². The normalized spacial score (nSPS) is 11.1. The van der Waals surface area contributed by atoms with Gasteiger partial charge in [-0.2, -0.15) is 0 Å². The Labute approximate surface area is 144 Å². The van der Waals surface area contributed by atoms with Gasteiger partial charge in [0, 0.05) is 25.7 Å². The molecule has 1 amide bonds. The van der Waals surface area contributed by atoms with Gasteiger partial charge in [-0.15, -0.1) is 0 Å². The SMILES string of the molecule is C=C(/C(=C/C(=O)OCC)CCCC)c1ccc(C(=O)N(C)C)cc1. The maximum Gasteiger partial charge on any atom is 0.331 e. The molecule has 0 heterocycles. The van der Waals surface area contributed by atoms with Gasteiger partial charge >= 0.3 is 5.97 Å². The third kappa shape index (κ3) is 5.69. The Morgan fingerprint density at radius 1 is 1.12 bits per heavy atom. The summed E-state index contributed by atoms with van der Waals surface area (Å²) in [6, 6.07) is 7.29. The lowest BCUT2D eigenvalue weighted by Crippen LogP contribution is -2.21. The number of carbonyl (C=O) groups is 2. The van der Waals surface area contributed by atoms with E-state index in [1.54, 1.807) is 33.2 Å². The highest BCUT2D eigenvalue weighted by Gasteiger charge is 2.11. The first-order valence-electron chi connectivity index (χ1n) is 8.29. The van der Waals surface area contributed by atoms with Gasteiger partial charge in [0.05, 0.1) is 6.61 Å². The van der Waals surface area contributed by atoms with Crippen LogP contribution in [0.3, 0.4) is 0 Å². The zero-order chi connectivity index (χ0) is 18.1. The summed E-state index contributed by atoms with van der Waals surface area (Å²) in [6.07, 6.45) is 4.30. The van der Waals surface area contributed by atoms with Crippen molar-refractivity contribution in [2.75, 3.05) is 20.7 Å². The minimum absolute atomic E-state index is 0.0413. The summed E-state index contributed by atoms with van der Waals surface area (Å²) in [6.45, 7) is 8.37. The minimum Gasteiger partial charge on any atom is -0.463 e. The monoisotopic (exact) mass is 329 g/mol. The molecule has 1 aromatic carbocycles. The largest absolute Gasteiger partial charge is 0.463 e. The van der Waals surface area contributed by atoms with Crippen molar-refractivity contribution in [3.8, 4) is 0 Å². The lowest BCUT2D eigenvalue weighted by Gasteiger charge is -2.13. The average molecular weight is 329 g/mol. The first-order valence-corrected chi connectivity index (χ1v) is 8.29. The Balaban J connectivity index is 3.01. The third-order valence-electron chi connectivity index (χ3n) is 3.65. The van der Waals surface area contributed by atoms with Gasteiger partial charge in [-0.25, -0.2) is 4.79 Å². The molecule has 1 aromatic rings. The van der Waals surface area contributed by atoms with E-state index in [1.807, 2.05) is 12.1 Å². The summed E-state index contributed by atoms with van der Waals surface area (Å²) in [5.74, 6) is -0.385. The Kier molecular flexibility index (Phi) is 7.96. The zero-order valence-corrected chi connectivity index (χ0v) is 15.1. The van der Waals surface area contributed by atoms with Crippen LogP contribution in [0.25, 0.3) is 5.57 Å². The molecule has 1 rings (SSSR count). The summed E-state index contributed by atoms with van der Waals surface area (Å²) in [5.41, 5.74) is 3.19. The number of unbranched alkanes of at least 4 members (excludes halogenated alkanes) is 1. The number of nitrogens with zero attached hydrogens (tertiary/aromatic N) is 1. The highest BCUT2D eigenvalue weighted by atomic mass is 16.5. The number of hydrogen-bond donors (Lipinski definition) is 0. The van der Waals surface area contributed by atoms with Gasteiger partial charge in [-0.3, -0.25) is 4.79 Å². The molecule has 0 atom stereocenters. The molecule has 24 heavy (non-hydrogen) atoms. The van der Waals surface area contributed by atoms with Crippen LogP contribution in [-0.4, -0.2) is 37.5 Å². The Bertz CT molecular complexity index is 612. The molecule has 0 aromatic heterocycles. The molecule has 4 heteroatoms. The molecule has 0 aliphatic heterocycles. The smallest absolute Gasteiger partial charge is 0.331 e. The maximum absolute atomic E-state index is 11.9. The number of ether oxygens (including phenoxy) is 1. The van der Waals surface area contributed by atoms with Crippen LogP contribution in [0.5, 0.6) is 0 Å². The molecule has 0 fully saturated rings. The molecule has 0 saturated heterocycles. The van der Waals surface area contributed by atoms with Crippen molar-refractivity contribution in [1.82, 2.24) is 4.90 Å². The standard InChI is InChI=1S/C20H27NO3/c1-6-8-9-18(14-19(22)24-7-2)15(3)16-10-12-17(13-11-16)20(23)21(4)5/h10-14H,3,6-9H2,1-2,4-5H3/b18-14+. The molecule has 0 spiro atoms. The fourth-order valence-electron chi connectivity index (χ4n) is 2.26. The van der Waals surface area contributed by atoms with Crippen molar-refractivity contribution in [3.63, 3.8) is 0 Å². The van der Waals surface area contributed by atoms with Gasteiger partial charge in [0.25, 0.3) is 5.91 Å².